The van der Waals surface area contributed by atoms with E-state index in [1.807, 2.05) is 18.2 Å². The Morgan fingerprint density at radius 1 is 1.02 bits per heavy atom. The number of carbonyl (C=O) groups excluding carboxylic acids is 2. The number of nitrogens with one attached hydrogen (secondary N) is 1. The smallest absolute Gasteiger partial charge is 0.322 e. The van der Waals surface area contributed by atoms with Crippen LogP contribution in [-0.2, 0) is 26.2 Å². The van der Waals surface area contributed by atoms with Gasteiger partial charge in [0, 0.05) is 46.8 Å². The number of phenols is 1. The monoisotopic (exact) mass is 680 g/mol. The van der Waals surface area contributed by atoms with Crippen LogP contribution in [0.2, 0.25) is 0 Å². The number of rotatable bonds is 10. The summed E-state index contributed by atoms with van der Waals surface area (Å²) in [4.78, 5) is 32.2. The molecule has 3 atom stereocenters. The average Bonchev–Trinajstić information content (AvgIpc) is 3.51. The Hall–Kier alpha value is -5.22. The van der Waals surface area contributed by atoms with E-state index in [0.29, 0.717) is 58.9 Å². The van der Waals surface area contributed by atoms with Gasteiger partial charge in [0.05, 0.1) is 47.1 Å². The molecule has 0 spiro atoms. The number of nitrogens with two attached hydrogens (primary N) is 1. The van der Waals surface area contributed by atoms with Crippen LogP contribution in [0.25, 0.3) is 17.0 Å². The predicted molar refractivity (Wildman–Crippen MR) is 194 cm³/mol. The first-order chi connectivity index (χ1) is 24.1. The molecule has 2 aliphatic rings. The van der Waals surface area contributed by atoms with Gasteiger partial charge in [-0.05, 0) is 53.8 Å². The number of hydrogen-bond acceptors (Lipinski definition) is 8. The van der Waals surface area contributed by atoms with Crippen molar-refractivity contribution in [3.63, 3.8) is 0 Å². The molecule has 10 nitrogen and oxygen atoms in total. The highest BCUT2D eigenvalue weighted by molar-refractivity contribution is 5.95. The van der Waals surface area contributed by atoms with E-state index in [1.54, 1.807) is 56.7 Å². The molecule has 0 unspecified atom stereocenters. The second-order valence-corrected chi connectivity index (χ2v) is 13.4. The molecule has 1 aromatic heterocycles. The number of benzene rings is 3. The average molecular weight is 681 g/mol. The van der Waals surface area contributed by atoms with Gasteiger partial charge in [-0.3, -0.25) is 9.59 Å². The van der Waals surface area contributed by atoms with Crippen LogP contribution in [0.3, 0.4) is 0 Å². The standard InChI is InChI=1S/C40H45N3O7/c1-6-25-17-27-21-40(39(46)50-5,37-35(48-3)19-28(41)20-36(37)49-4)38-31(30-9-7-8-10-32(30)42-38)15-16-43(22-25,23-27)24-29(44)13-11-26-12-14-33(45)34(18-26)47-2/h7-14,17-20,27,42H,6,15-16,21-24,41H2,1-5H3/p+1/t27-,40+,43-/m1/s1. The van der Waals surface area contributed by atoms with Crippen molar-refractivity contribution in [2.45, 2.75) is 31.6 Å². The molecule has 4 N–H and O–H groups in total. The topological polar surface area (TPSA) is 133 Å². The maximum Gasteiger partial charge on any atom is 0.322 e. The Kier molecular flexibility index (Phi) is 9.67. The highest BCUT2D eigenvalue weighted by Crippen LogP contribution is 2.52. The van der Waals surface area contributed by atoms with Crippen LogP contribution in [0.5, 0.6) is 23.0 Å². The summed E-state index contributed by atoms with van der Waals surface area (Å²) in [7, 11) is 6.04. The van der Waals surface area contributed by atoms with Gasteiger partial charge in [0.25, 0.3) is 0 Å². The van der Waals surface area contributed by atoms with E-state index >= 15 is 0 Å². The van der Waals surface area contributed by atoms with Crippen LogP contribution >= 0.6 is 0 Å². The number of nitrogens with zero attached hydrogens (tertiary/aromatic N) is 1. The molecule has 0 saturated heterocycles. The number of hydrogen-bond donors (Lipinski definition) is 3. The second kappa shape index (κ2) is 14.0. The summed E-state index contributed by atoms with van der Waals surface area (Å²) < 4.78 is 23.4. The van der Waals surface area contributed by atoms with Crippen LogP contribution in [0.4, 0.5) is 5.69 Å². The molecule has 0 aliphatic carbocycles. The van der Waals surface area contributed by atoms with E-state index in [9.17, 15) is 14.7 Å². The van der Waals surface area contributed by atoms with E-state index in [0.717, 1.165) is 40.7 Å². The second-order valence-electron chi connectivity index (χ2n) is 13.4. The lowest BCUT2D eigenvalue weighted by atomic mass is 9.68. The van der Waals surface area contributed by atoms with Gasteiger partial charge in [0.2, 0.25) is 5.78 Å². The quantitative estimate of drug-likeness (QED) is 0.0616. The molecule has 0 fully saturated rings. The third-order valence-electron chi connectivity index (χ3n) is 10.4. The summed E-state index contributed by atoms with van der Waals surface area (Å²) in [6.45, 7) is 4.49. The third kappa shape index (κ3) is 6.20. The number of phenolic OH excluding ortho intramolecular Hbond substituents is 1. The fourth-order valence-corrected chi connectivity index (χ4v) is 8.23. The number of aromatic nitrogens is 1. The van der Waals surface area contributed by atoms with Crippen LogP contribution < -0.4 is 19.9 Å². The minimum Gasteiger partial charge on any atom is -0.504 e. The van der Waals surface area contributed by atoms with Gasteiger partial charge in [-0.25, -0.2) is 0 Å². The maximum absolute atomic E-state index is 14.7. The zero-order valence-electron chi connectivity index (χ0n) is 29.4. The summed E-state index contributed by atoms with van der Waals surface area (Å²) >= 11 is 0. The summed E-state index contributed by atoms with van der Waals surface area (Å²) in [6.07, 6.45) is 7.44. The lowest BCUT2D eigenvalue weighted by Gasteiger charge is -2.44. The number of esters is 1. The number of quaternary nitrogens is 1. The number of aromatic hydroxyl groups is 1. The number of ketones is 1. The normalized spacial score (nSPS) is 21.8. The fraction of sp³-hybridized carbons (Fsp3) is 0.350. The van der Waals surface area contributed by atoms with Crippen molar-refractivity contribution in [2.24, 2.45) is 5.92 Å². The first-order valence-electron chi connectivity index (χ1n) is 16.9. The summed E-state index contributed by atoms with van der Waals surface area (Å²) in [5, 5.41) is 11.0. The number of aromatic amines is 1. The van der Waals surface area contributed by atoms with Gasteiger partial charge in [-0.2, -0.15) is 0 Å². The first kappa shape index (κ1) is 34.6. The third-order valence-corrected chi connectivity index (χ3v) is 10.4. The number of carbonyl (C=O) groups is 2. The highest BCUT2D eigenvalue weighted by atomic mass is 16.5. The zero-order chi connectivity index (χ0) is 35.6. The summed E-state index contributed by atoms with van der Waals surface area (Å²) in [5.41, 5.74) is 10.6. The van der Waals surface area contributed by atoms with Gasteiger partial charge in [-0.15, -0.1) is 0 Å². The lowest BCUT2D eigenvalue weighted by molar-refractivity contribution is -0.920. The number of anilines is 1. The largest absolute Gasteiger partial charge is 0.504 e. The summed E-state index contributed by atoms with van der Waals surface area (Å²) in [5.74, 6) is 0.686. The van der Waals surface area contributed by atoms with Crippen molar-refractivity contribution < 1.29 is 38.1 Å². The number of methoxy groups -OCH3 is 4. The SMILES string of the molecule is CCC1=C[C@@H]2C[C@](C(=O)OC)(c3c(OC)cc(N)cc3OC)c3[nH]c4ccccc4c3CC[N@@+](CC(=O)/C=C/c3ccc(O)c(OC)c3)(C1)C2. The Balaban J connectivity index is 1.53. The number of nitrogen functional groups attached to an aromatic ring is 1. The predicted octanol–water partition coefficient (Wildman–Crippen LogP) is 5.95. The summed E-state index contributed by atoms with van der Waals surface area (Å²) in [6, 6.07) is 16.5. The molecule has 4 aromatic rings. The molecule has 262 valence electrons. The Morgan fingerprint density at radius 2 is 1.74 bits per heavy atom. The molecule has 2 aliphatic heterocycles. The number of ether oxygens (including phenoxy) is 4. The highest BCUT2D eigenvalue weighted by Gasteiger charge is 2.54. The van der Waals surface area contributed by atoms with E-state index < -0.39 is 11.4 Å². The lowest BCUT2D eigenvalue weighted by Crippen LogP contribution is -2.57. The Morgan fingerprint density at radius 3 is 2.42 bits per heavy atom. The molecule has 10 heteroatoms. The molecule has 0 amide bonds. The zero-order valence-corrected chi connectivity index (χ0v) is 29.4. The molecule has 2 bridgehead atoms. The molecule has 0 saturated carbocycles. The number of fused-ring (bicyclic) bond motifs is 5. The van der Waals surface area contributed by atoms with Gasteiger partial charge in [0.15, 0.2) is 11.5 Å². The molecule has 0 radical (unpaired) electrons. The fourth-order valence-electron chi connectivity index (χ4n) is 8.23. The number of para-hydroxylation sites is 1. The minimum absolute atomic E-state index is 0.00681. The molecular weight excluding hydrogens is 634 g/mol. The van der Waals surface area contributed by atoms with Crippen LogP contribution in [0, 0.1) is 5.92 Å². The molecule has 50 heavy (non-hydrogen) atoms. The van der Waals surface area contributed by atoms with Gasteiger partial charge in [0.1, 0.15) is 30.0 Å². The minimum atomic E-state index is -1.37. The van der Waals surface area contributed by atoms with E-state index in [1.165, 1.54) is 19.8 Å². The van der Waals surface area contributed by atoms with E-state index in [-0.39, 0.29) is 24.0 Å². The molecule has 3 heterocycles. The van der Waals surface area contributed by atoms with Crippen LogP contribution in [-0.4, -0.2) is 80.9 Å². The molecule has 3 aromatic carbocycles. The Bertz CT molecular complexity index is 1970. The van der Waals surface area contributed by atoms with Gasteiger partial charge >= 0.3 is 5.97 Å². The van der Waals surface area contributed by atoms with Crippen molar-refractivity contribution in [2.75, 3.05) is 60.4 Å². The van der Waals surface area contributed by atoms with Crippen molar-refractivity contribution in [3.8, 4) is 23.0 Å². The van der Waals surface area contributed by atoms with Crippen molar-refractivity contribution >= 4 is 34.4 Å². The van der Waals surface area contributed by atoms with Crippen molar-refractivity contribution in [1.82, 2.24) is 4.98 Å². The van der Waals surface area contributed by atoms with E-state index in [4.69, 9.17) is 24.7 Å². The number of H-pyrrole nitrogens is 1. The van der Waals surface area contributed by atoms with Crippen molar-refractivity contribution in [3.05, 3.63) is 94.7 Å². The van der Waals surface area contributed by atoms with E-state index in [2.05, 4.69) is 24.1 Å². The van der Waals surface area contributed by atoms with Gasteiger partial charge in [-0.1, -0.05) is 43.3 Å². The van der Waals surface area contributed by atoms with Gasteiger partial charge < -0.3 is 39.3 Å². The first-order valence-corrected chi connectivity index (χ1v) is 16.9. The molecule has 6 rings (SSSR count). The van der Waals surface area contributed by atoms with Crippen LogP contribution in [0.15, 0.2) is 72.3 Å². The Labute approximate surface area is 292 Å². The van der Waals surface area contributed by atoms with Crippen molar-refractivity contribution in [1.29, 1.82) is 0 Å². The van der Waals surface area contributed by atoms with Crippen LogP contribution in [0.1, 0.15) is 42.1 Å². The maximum atomic E-state index is 14.7. The molecular formula is C40H46N3O7+.